The van der Waals surface area contributed by atoms with Gasteiger partial charge in [-0.15, -0.1) is 0 Å². The van der Waals surface area contributed by atoms with Crippen LogP contribution in [0.15, 0.2) is 0 Å². The molecule has 1 aliphatic rings. The maximum Gasteiger partial charge on any atom is 0.145 e. The predicted molar refractivity (Wildman–Crippen MR) is 59.7 cm³/mol. The maximum atomic E-state index is 11.4. The summed E-state index contributed by atoms with van der Waals surface area (Å²) in [5, 5.41) is 0. The van der Waals surface area contributed by atoms with Gasteiger partial charge in [0.1, 0.15) is 5.78 Å². The molecule has 0 aromatic rings. The van der Waals surface area contributed by atoms with Crippen molar-refractivity contribution in [2.24, 2.45) is 5.92 Å². The van der Waals surface area contributed by atoms with Gasteiger partial charge < -0.3 is 0 Å². The van der Waals surface area contributed by atoms with Gasteiger partial charge in [-0.05, 0) is 25.2 Å². The average molecular weight is 280 g/mol. The van der Waals surface area contributed by atoms with E-state index >= 15 is 0 Å². The summed E-state index contributed by atoms with van der Waals surface area (Å²) < 4.78 is 0.322. The fourth-order valence-electron chi connectivity index (χ4n) is 1.84. The quantitative estimate of drug-likeness (QED) is 0.572. The Bertz CT molecular complexity index is 156. The molecule has 0 unspecified atom stereocenters. The van der Waals surface area contributed by atoms with Crippen LogP contribution in [0.2, 0.25) is 0 Å². The molecule has 0 radical (unpaired) electrons. The Morgan fingerprint density at radius 1 is 1.58 bits per heavy atom. The van der Waals surface area contributed by atoms with Gasteiger partial charge in [-0.2, -0.15) is 0 Å². The molecule has 0 spiro atoms. The summed E-state index contributed by atoms with van der Waals surface area (Å²) in [6.07, 6.45) is 7.05. The van der Waals surface area contributed by atoms with Crippen molar-refractivity contribution < 1.29 is 4.79 Å². The Balaban J connectivity index is 2.35. The average Bonchev–Trinajstić information content (AvgIpc) is 2.08. The van der Waals surface area contributed by atoms with E-state index in [0.717, 1.165) is 12.8 Å². The van der Waals surface area contributed by atoms with Crippen LogP contribution < -0.4 is 0 Å². The van der Waals surface area contributed by atoms with Gasteiger partial charge in [0.05, 0.1) is 3.92 Å². The van der Waals surface area contributed by atoms with Crippen LogP contribution in [0.3, 0.4) is 0 Å². The number of unbranched alkanes of at least 4 members (excludes halogenated alkanes) is 1. The fraction of sp³-hybridized carbons (Fsp3) is 0.900. The van der Waals surface area contributed by atoms with Crippen molar-refractivity contribution in [2.75, 3.05) is 0 Å². The zero-order valence-electron chi connectivity index (χ0n) is 7.68. The number of hydrogen-bond donors (Lipinski definition) is 0. The first-order valence-electron chi connectivity index (χ1n) is 4.92. The molecule has 0 aliphatic heterocycles. The van der Waals surface area contributed by atoms with Gasteiger partial charge in [0.15, 0.2) is 0 Å². The molecule has 0 heterocycles. The number of carbonyl (C=O) groups excluding carboxylic acids is 1. The van der Waals surface area contributed by atoms with Gasteiger partial charge in [-0.1, -0.05) is 42.4 Å². The third-order valence-corrected chi connectivity index (χ3v) is 4.36. The van der Waals surface area contributed by atoms with Crippen LogP contribution >= 0.6 is 22.6 Å². The first-order valence-corrected chi connectivity index (χ1v) is 6.17. The SMILES string of the molecule is CCCC[C@@H]1CCCC(=O)[C@@H]1I. The summed E-state index contributed by atoms with van der Waals surface area (Å²) >= 11 is 2.33. The highest BCUT2D eigenvalue weighted by molar-refractivity contribution is 14.1. The number of hydrogen-bond acceptors (Lipinski definition) is 1. The molecule has 0 aromatic heterocycles. The second-order valence-electron chi connectivity index (χ2n) is 3.66. The first-order chi connectivity index (χ1) is 5.75. The van der Waals surface area contributed by atoms with E-state index in [4.69, 9.17) is 0 Å². The van der Waals surface area contributed by atoms with Gasteiger partial charge in [-0.3, -0.25) is 4.79 Å². The van der Waals surface area contributed by atoms with Gasteiger partial charge in [0, 0.05) is 6.42 Å². The van der Waals surface area contributed by atoms with E-state index in [1.807, 2.05) is 0 Å². The Kier molecular flexibility index (Phi) is 4.54. The topological polar surface area (TPSA) is 17.1 Å². The highest BCUT2D eigenvalue weighted by Crippen LogP contribution is 2.31. The molecule has 12 heavy (non-hydrogen) atoms. The van der Waals surface area contributed by atoms with Crippen LogP contribution in [0.4, 0.5) is 0 Å². The van der Waals surface area contributed by atoms with Crippen molar-refractivity contribution in [3.63, 3.8) is 0 Å². The largest absolute Gasteiger partial charge is 0.299 e. The van der Waals surface area contributed by atoms with E-state index in [1.54, 1.807) is 0 Å². The first kappa shape index (κ1) is 10.5. The van der Waals surface area contributed by atoms with Crippen LogP contribution in [0.1, 0.15) is 45.4 Å². The van der Waals surface area contributed by atoms with E-state index in [1.165, 1.54) is 25.7 Å². The van der Waals surface area contributed by atoms with Crippen LogP contribution in [0.25, 0.3) is 0 Å². The summed E-state index contributed by atoms with van der Waals surface area (Å²) in [5.74, 6) is 1.18. The Labute approximate surface area is 88.4 Å². The Hall–Kier alpha value is 0.400. The molecular weight excluding hydrogens is 263 g/mol. The van der Waals surface area contributed by atoms with Gasteiger partial charge in [-0.25, -0.2) is 0 Å². The highest BCUT2D eigenvalue weighted by atomic mass is 127. The fourth-order valence-corrected chi connectivity index (χ4v) is 2.87. The summed E-state index contributed by atoms with van der Waals surface area (Å²) in [6.45, 7) is 2.22. The van der Waals surface area contributed by atoms with Crippen molar-refractivity contribution in [2.45, 2.75) is 49.4 Å². The zero-order chi connectivity index (χ0) is 8.97. The van der Waals surface area contributed by atoms with Crippen LogP contribution in [-0.2, 0) is 4.79 Å². The van der Waals surface area contributed by atoms with E-state index in [0.29, 0.717) is 15.6 Å². The maximum absolute atomic E-state index is 11.4. The smallest absolute Gasteiger partial charge is 0.145 e. The lowest BCUT2D eigenvalue weighted by Gasteiger charge is -2.25. The summed E-state index contributed by atoms with van der Waals surface area (Å²) in [5.41, 5.74) is 0. The summed E-state index contributed by atoms with van der Waals surface area (Å²) in [6, 6.07) is 0. The molecule has 1 saturated carbocycles. The van der Waals surface area contributed by atoms with Crippen LogP contribution in [0, 0.1) is 5.92 Å². The lowest BCUT2D eigenvalue weighted by molar-refractivity contribution is -0.120. The molecule has 2 heteroatoms. The molecule has 1 nitrogen and oxygen atoms in total. The number of rotatable bonds is 3. The van der Waals surface area contributed by atoms with Crippen molar-refractivity contribution >= 4 is 28.4 Å². The van der Waals surface area contributed by atoms with E-state index < -0.39 is 0 Å². The molecule has 0 bridgehead atoms. The minimum absolute atomic E-state index is 0.322. The lowest BCUT2D eigenvalue weighted by Crippen LogP contribution is -2.28. The second-order valence-corrected chi connectivity index (χ2v) is 5.00. The minimum atomic E-state index is 0.322. The van der Waals surface area contributed by atoms with Crippen LogP contribution in [-0.4, -0.2) is 9.71 Å². The molecule has 1 rings (SSSR count). The van der Waals surface area contributed by atoms with Crippen molar-refractivity contribution in [1.29, 1.82) is 0 Å². The molecule has 1 fully saturated rings. The third-order valence-electron chi connectivity index (χ3n) is 2.65. The number of carbonyl (C=O) groups is 1. The molecule has 70 valence electrons. The molecule has 0 amide bonds. The second kappa shape index (κ2) is 5.20. The zero-order valence-corrected chi connectivity index (χ0v) is 9.84. The molecule has 0 aromatic carbocycles. The monoisotopic (exact) mass is 280 g/mol. The van der Waals surface area contributed by atoms with Crippen LogP contribution in [0.5, 0.6) is 0 Å². The number of ketones is 1. The molecular formula is C10H17IO. The van der Waals surface area contributed by atoms with Crippen molar-refractivity contribution in [3.05, 3.63) is 0 Å². The molecule has 0 N–H and O–H groups in total. The summed E-state index contributed by atoms with van der Waals surface area (Å²) in [7, 11) is 0. The van der Waals surface area contributed by atoms with Gasteiger partial charge in [0.2, 0.25) is 0 Å². The van der Waals surface area contributed by atoms with Gasteiger partial charge >= 0.3 is 0 Å². The van der Waals surface area contributed by atoms with E-state index in [9.17, 15) is 4.79 Å². The highest BCUT2D eigenvalue weighted by Gasteiger charge is 2.28. The Morgan fingerprint density at radius 2 is 2.33 bits per heavy atom. The predicted octanol–water partition coefficient (Wildman–Crippen LogP) is 3.35. The normalized spacial score (nSPS) is 30.7. The molecule has 1 aliphatic carbocycles. The third kappa shape index (κ3) is 2.71. The number of alkyl halides is 1. The molecule has 0 saturated heterocycles. The minimum Gasteiger partial charge on any atom is -0.299 e. The number of halogens is 1. The lowest BCUT2D eigenvalue weighted by atomic mass is 9.85. The standard InChI is InChI=1S/C10H17IO/c1-2-3-5-8-6-4-7-9(12)10(8)11/h8,10H,2-7H2,1H3/t8-,10-/m1/s1. The van der Waals surface area contributed by atoms with Crippen molar-refractivity contribution in [3.8, 4) is 0 Å². The van der Waals surface area contributed by atoms with Gasteiger partial charge in [0.25, 0.3) is 0 Å². The Morgan fingerprint density at radius 3 is 3.00 bits per heavy atom. The number of Topliss-reactive ketones (excluding diaryl/α,β-unsaturated/α-hetero) is 1. The molecule has 2 atom stereocenters. The summed E-state index contributed by atoms with van der Waals surface area (Å²) in [4.78, 5) is 11.4. The van der Waals surface area contributed by atoms with Crippen molar-refractivity contribution in [1.82, 2.24) is 0 Å². The van der Waals surface area contributed by atoms with E-state index in [-0.39, 0.29) is 0 Å². The van der Waals surface area contributed by atoms with E-state index in [2.05, 4.69) is 29.5 Å².